The van der Waals surface area contributed by atoms with Crippen LogP contribution in [0.4, 0.5) is 0 Å². The Morgan fingerprint density at radius 1 is 1.08 bits per heavy atom. The van der Waals surface area contributed by atoms with Crippen molar-refractivity contribution in [2.45, 2.75) is 43.0 Å². The van der Waals surface area contributed by atoms with E-state index in [9.17, 15) is 13.2 Å². The molecule has 0 spiro atoms. The van der Waals surface area contributed by atoms with Crippen LogP contribution >= 0.6 is 0 Å². The molecule has 2 saturated carbocycles. The summed E-state index contributed by atoms with van der Waals surface area (Å²) in [6, 6.07) is 8.47. The third-order valence-electron chi connectivity index (χ3n) is 5.55. The summed E-state index contributed by atoms with van der Waals surface area (Å²) < 4.78 is 26.7. The van der Waals surface area contributed by atoms with Gasteiger partial charge in [-0.05, 0) is 49.7 Å². The Balaban J connectivity index is 1.44. The van der Waals surface area contributed by atoms with Gasteiger partial charge in [0.05, 0.1) is 4.90 Å². The van der Waals surface area contributed by atoms with Crippen LogP contribution in [-0.4, -0.2) is 33.5 Å². The zero-order valence-corrected chi connectivity index (χ0v) is 15.2. The number of carbonyl (C=O) groups is 1. The summed E-state index contributed by atoms with van der Waals surface area (Å²) in [6.45, 7) is 0.477. The van der Waals surface area contributed by atoms with Gasteiger partial charge in [0.25, 0.3) is 0 Å². The zero-order chi connectivity index (χ0) is 17.9. The molecule has 1 amide bonds. The summed E-state index contributed by atoms with van der Waals surface area (Å²) in [6.07, 6.45) is 5.19. The van der Waals surface area contributed by atoms with Gasteiger partial charge in [0.1, 0.15) is 0 Å². The van der Waals surface area contributed by atoms with Gasteiger partial charge in [-0.1, -0.05) is 24.6 Å². The molecular formula is C18H27N3O3S. The molecule has 0 heterocycles. The van der Waals surface area contributed by atoms with E-state index in [0.29, 0.717) is 18.4 Å². The summed E-state index contributed by atoms with van der Waals surface area (Å²) in [5, 5.41) is 2.87. The van der Waals surface area contributed by atoms with Crippen LogP contribution in [-0.2, 0) is 14.8 Å². The van der Waals surface area contributed by atoms with Crippen molar-refractivity contribution in [3.05, 3.63) is 30.3 Å². The Morgan fingerprint density at radius 2 is 1.72 bits per heavy atom. The number of benzene rings is 1. The molecule has 3 rings (SSSR count). The van der Waals surface area contributed by atoms with Gasteiger partial charge >= 0.3 is 0 Å². The summed E-state index contributed by atoms with van der Waals surface area (Å²) in [5.74, 6) is 0.961. The molecule has 2 fully saturated rings. The summed E-state index contributed by atoms with van der Waals surface area (Å²) in [5.41, 5.74) is 6.26. The molecule has 0 saturated heterocycles. The fourth-order valence-electron chi connectivity index (χ4n) is 4.20. The van der Waals surface area contributed by atoms with Gasteiger partial charge in [-0.15, -0.1) is 0 Å². The molecule has 25 heavy (non-hydrogen) atoms. The number of fused-ring (bicyclic) bond motifs is 2. The minimum absolute atomic E-state index is 0.0147. The molecule has 4 N–H and O–H groups in total. The molecular weight excluding hydrogens is 338 g/mol. The van der Waals surface area contributed by atoms with Crippen LogP contribution in [0, 0.1) is 17.8 Å². The van der Waals surface area contributed by atoms with Gasteiger partial charge in [-0.25, -0.2) is 13.1 Å². The lowest BCUT2D eigenvalue weighted by molar-refractivity contribution is -0.127. The number of rotatable bonds is 6. The second-order valence-corrected chi connectivity index (χ2v) is 8.97. The molecule has 2 atom stereocenters. The molecule has 0 aliphatic heterocycles. The Morgan fingerprint density at radius 3 is 2.36 bits per heavy atom. The van der Waals surface area contributed by atoms with Crippen molar-refractivity contribution in [1.29, 1.82) is 0 Å². The smallest absolute Gasteiger partial charge is 0.240 e. The lowest BCUT2D eigenvalue weighted by Gasteiger charge is -2.43. The van der Waals surface area contributed by atoms with Crippen molar-refractivity contribution in [3.8, 4) is 0 Å². The largest absolute Gasteiger partial charge is 0.355 e. The first-order chi connectivity index (χ1) is 12.0. The number of hydrogen-bond acceptors (Lipinski definition) is 4. The van der Waals surface area contributed by atoms with Gasteiger partial charge in [-0.3, -0.25) is 4.79 Å². The van der Waals surface area contributed by atoms with Gasteiger partial charge < -0.3 is 11.1 Å². The SMILES string of the molecule is NC1C2CCCC1CC(C(=O)NCCNS(=O)(=O)c1ccccc1)C2. The molecule has 2 aliphatic rings. The summed E-state index contributed by atoms with van der Waals surface area (Å²) >= 11 is 0. The molecule has 2 aliphatic carbocycles. The van der Waals surface area contributed by atoms with E-state index in [4.69, 9.17) is 5.73 Å². The van der Waals surface area contributed by atoms with Crippen molar-refractivity contribution < 1.29 is 13.2 Å². The third kappa shape index (κ3) is 4.40. The maximum atomic E-state index is 12.4. The number of amides is 1. The number of sulfonamides is 1. The molecule has 2 unspecified atom stereocenters. The van der Waals surface area contributed by atoms with Crippen molar-refractivity contribution in [2.75, 3.05) is 13.1 Å². The van der Waals surface area contributed by atoms with E-state index in [1.54, 1.807) is 30.3 Å². The molecule has 6 nitrogen and oxygen atoms in total. The third-order valence-corrected chi connectivity index (χ3v) is 7.03. The van der Waals surface area contributed by atoms with E-state index in [1.807, 2.05) is 0 Å². The molecule has 1 aromatic rings. The van der Waals surface area contributed by atoms with Crippen molar-refractivity contribution in [3.63, 3.8) is 0 Å². The van der Waals surface area contributed by atoms with Gasteiger partial charge in [0.15, 0.2) is 0 Å². The van der Waals surface area contributed by atoms with Crippen LogP contribution in [0.1, 0.15) is 32.1 Å². The molecule has 7 heteroatoms. The van der Waals surface area contributed by atoms with Crippen LogP contribution in [0.25, 0.3) is 0 Å². The summed E-state index contributed by atoms with van der Waals surface area (Å²) in [7, 11) is -3.52. The predicted octanol–water partition coefficient (Wildman–Crippen LogP) is 1.23. The van der Waals surface area contributed by atoms with Crippen molar-refractivity contribution in [2.24, 2.45) is 23.5 Å². The molecule has 2 bridgehead atoms. The molecule has 1 aromatic carbocycles. The minimum atomic E-state index is -3.52. The van der Waals surface area contributed by atoms with Crippen LogP contribution in [0.5, 0.6) is 0 Å². The van der Waals surface area contributed by atoms with Crippen molar-refractivity contribution >= 4 is 15.9 Å². The predicted molar refractivity (Wildman–Crippen MR) is 96.2 cm³/mol. The van der Waals surface area contributed by atoms with E-state index in [-0.39, 0.29) is 29.3 Å². The van der Waals surface area contributed by atoms with Crippen molar-refractivity contribution in [1.82, 2.24) is 10.0 Å². The topological polar surface area (TPSA) is 101 Å². The first kappa shape index (κ1) is 18.4. The van der Waals surface area contributed by atoms with E-state index >= 15 is 0 Å². The first-order valence-corrected chi connectivity index (χ1v) is 10.5. The monoisotopic (exact) mass is 365 g/mol. The highest BCUT2D eigenvalue weighted by Crippen LogP contribution is 2.41. The second kappa shape index (κ2) is 7.85. The van der Waals surface area contributed by atoms with E-state index in [1.165, 1.54) is 6.42 Å². The lowest BCUT2D eigenvalue weighted by atomic mass is 9.65. The van der Waals surface area contributed by atoms with Gasteiger partial charge in [-0.2, -0.15) is 0 Å². The van der Waals surface area contributed by atoms with Crippen LogP contribution in [0.2, 0.25) is 0 Å². The highest BCUT2D eigenvalue weighted by molar-refractivity contribution is 7.89. The lowest BCUT2D eigenvalue weighted by Crippen LogP contribution is -2.49. The van der Waals surface area contributed by atoms with E-state index in [0.717, 1.165) is 25.7 Å². The minimum Gasteiger partial charge on any atom is -0.355 e. The van der Waals surface area contributed by atoms with Gasteiger partial charge in [0.2, 0.25) is 15.9 Å². The fourth-order valence-corrected chi connectivity index (χ4v) is 5.25. The molecule has 0 aromatic heterocycles. The molecule has 0 radical (unpaired) electrons. The Bertz CT molecular complexity index is 679. The average molecular weight is 365 g/mol. The maximum Gasteiger partial charge on any atom is 0.240 e. The Hall–Kier alpha value is -1.44. The van der Waals surface area contributed by atoms with E-state index in [2.05, 4.69) is 10.0 Å². The van der Waals surface area contributed by atoms with Crippen LogP contribution in [0.3, 0.4) is 0 Å². The normalized spacial score (nSPS) is 29.2. The number of nitrogens with one attached hydrogen (secondary N) is 2. The number of carbonyl (C=O) groups excluding carboxylic acids is 1. The summed E-state index contributed by atoms with van der Waals surface area (Å²) in [4.78, 5) is 12.6. The van der Waals surface area contributed by atoms with Gasteiger partial charge in [0, 0.05) is 25.0 Å². The Labute approximate surface area is 149 Å². The highest BCUT2D eigenvalue weighted by Gasteiger charge is 2.40. The van der Waals surface area contributed by atoms with Crippen LogP contribution < -0.4 is 15.8 Å². The zero-order valence-electron chi connectivity index (χ0n) is 14.4. The number of hydrogen-bond donors (Lipinski definition) is 3. The number of nitrogens with two attached hydrogens (primary N) is 1. The standard InChI is InChI=1S/C18H27N3O3S/c19-17-13-5-4-6-14(17)12-15(11-13)18(22)20-9-10-21-25(23,24)16-7-2-1-3-8-16/h1-3,7-8,13-15,17,21H,4-6,9-12,19H2,(H,20,22). The fraction of sp³-hybridized carbons (Fsp3) is 0.611. The Kier molecular flexibility index (Phi) is 5.76. The first-order valence-electron chi connectivity index (χ1n) is 9.05. The molecule has 138 valence electrons. The average Bonchev–Trinajstić information content (AvgIpc) is 2.59. The van der Waals surface area contributed by atoms with E-state index < -0.39 is 10.0 Å². The second-order valence-electron chi connectivity index (χ2n) is 7.20. The maximum absolute atomic E-state index is 12.4. The quantitative estimate of drug-likeness (QED) is 0.660. The highest BCUT2D eigenvalue weighted by atomic mass is 32.2. The van der Waals surface area contributed by atoms with Crippen LogP contribution in [0.15, 0.2) is 35.2 Å².